The van der Waals surface area contributed by atoms with Gasteiger partial charge < -0.3 is 0 Å². The molecule has 0 atom stereocenters. The Morgan fingerprint density at radius 1 is 1.12 bits per heavy atom. The molecule has 0 saturated carbocycles. The third-order valence-electron chi connectivity index (χ3n) is 2.13. The van der Waals surface area contributed by atoms with E-state index in [-0.39, 0.29) is 11.0 Å². The predicted molar refractivity (Wildman–Crippen MR) is 63.9 cm³/mol. The van der Waals surface area contributed by atoms with E-state index in [1.54, 1.807) is 32.0 Å². The maximum atomic E-state index is 11.8. The molecule has 0 aromatic heterocycles. The van der Waals surface area contributed by atoms with E-state index in [4.69, 9.17) is 4.18 Å². The molecule has 0 spiro atoms. The second-order valence-electron chi connectivity index (χ2n) is 4.33. The fourth-order valence-corrected chi connectivity index (χ4v) is 2.48. The number of benzene rings is 1. The first-order valence-electron chi connectivity index (χ1n) is 5.36. The molecule has 0 saturated heterocycles. The first-order valence-corrected chi connectivity index (χ1v) is 6.77. The summed E-state index contributed by atoms with van der Waals surface area (Å²) < 4.78 is 28.5. The average Bonchev–Trinajstić information content (AvgIpc) is 2.16. The van der Waals surface area contributed by atoms with Crippen molar-refractivity contribution in [1.29, 1.82) is 0 Å². The first-order chi connectivity index (χ1) is 7.33. The smallest absolute Gasteiger partial charge is 0.264 e. The van der Waals surface area contributed by atoms with Crippen molar-refractivity contribution < 1.29 is 12.6 Å². The second-order valence-corrected chi connectivity index (χ2v) is 5.90. The molecule has 0 aliphatic rings. The highest BCUT2D eigenvalue weighted by Crippen LogP contribution is 2.20. The molecule has 4 heteroatoms. The fourth-order valence-electron chi connectivity index (χ4n) is 1.34. The van der Waals surface area contributed by atoms with E-state index in [2.05, 4.69) is 0 Å². The molecule has 0 unspecified atom stereocenters. The van der Waals surface area contributed by atoms with Gasteiger partial charge in [-0.2, -0.15) is 8.42 Å². The molecule has 0 heterocycles. The van der Waals surface area contributed by atoms with Gasteiger partial charge in [-0.25, -0.2) is 0 Å². The minimum atomic E-state index is -3.62. The van der Waals surface area contributed by atoms with E-state index in [0.717, 1.165) is 5.56 Å². The van der Waals surface area contributed by atoms with E-state index in [9.17, 15) is 8.42 Å². The molecule has 0 N–H and O–H groups in total. The third-order valence-corrected chi connectivity index (χ3v) is 3.60. The Morgan fingerprint density at radius 2 is 1.75 bits per heavy atom. The largest absolute Gasteiger partial charge is 0.297 e. The van der Waals surface area contributed by atoms with Crippen LogP contribution in [0.1, 0.15) is 39.2 Å². The van der Waals surface area contributed by atoms with Crippen molar-refractivity contribution >= 4 is 10.1 Å². The Hall–Kier alpha value is -0.870. The minimum absolute atomic E-state index is 0.229. The molecule has 3 nitrogen and oxygen atoms in total. The topological polar surface area (TPSA) is 43.4 Å². The molecule has 16 heavy (non-hydrogen) atoms. The zero-order valence-electron chi connectivity index (χ0n) is 10.1. The van der Waals surface area contributed by atoms with Crippen LogP contribution < -0.4 is 0 Å². The standard InChI is InChI=1S/C12H18O3S/c1-9(2)11-6-5-7-12(8-11)16(13,14)15-10(3)4/h5-10H,1-4H3. The van der Waals surface area contributed by atoms with Crippen LogP contribution in [0.25, 0.3) is 0 Å². The van der Waals surface area contributed by atoms with Crippen LogP contribution in [-0.4, -0.2) is 14.5 Å². The minimum Gasteiger partial charge on any atom is -0.264 e. The molecule has 0 radical (unpaired) electrons. The third kappa shape index (κ3) is 3.32. The molecule has 0 aliphatic carbocycles. The van der Waals surface area contributed by atoms with E-state index >= 15 is 0 Å². The summed E-state index contributed by atoms with van der Waals surface area (Å²) >= 11 is 0. The van der Waals surface area contributed by atoms with E-state index in [1.165, 1.54) is 0 Å². The Labute approximate surface area is 97.6 Å². The van der Waals surface area contributed by atoms with Crippen molar-refractivity contribution in [2.24, 2.45) is 0 Å². The summed E-state index contributed by atoms with van der Waals surface area (Å²) in [7, 11) is -3.62. The highest BCUT2D eigenvalue weighted by molar-refractivity contribution is 7.86. The monoisotopic (exact) mass is 242 g/mol. The van der Waals surface area contributed by atoms with Gasteiger partial charge in [0.05, 0.1) is 11.0 Å². The van der Waals surface area contributed by atoms with Gasteiger partial charge in [0.25, 0.3) is 10.1 Å². The van der Waals surface area contributed by atoms with Crippen LogP contribution in [0.4, 0.5) is 0 Å². The van der Waals surface area contributed by atoms with Crippen molar-refractivity contribution in [3.63, 3.8) is 0 Å². The van der Waals surface area contributed by atoms with Crippen LogP contribution >= 0.6 is 0 Å². The SMILES string of the molecule is CC(C)OS(=O)(=O)c1cccc(C(C)C)c1. The van der Waals surface area contributed by atoms with Crippen molar-refractivity contribution in [1.82, 2.24) is 0 Å². The highest BCUT2D eigenvalue weighted by Gasteiger charge is 2.17. The summed E-state index contributed by atoms with van der Waals surface area (Å²) in [5.74, 6) is 0.300. The van der Waals surface area contributed by atoms with Crippen molar-refractivity contribution in [3.05, 3.63) is 29.8 Å². The summed E-state index contributed by atoms with van der Waals surface area (Å²) in [6, 6.07) is 6.89. The van der Waals surface area contributed by atoms with Crippen molar-refractivity contribution in [2.75, 3.05) is 0 Å². The summed E-state index contributed by atoms with van der Waals surface area (Å²) in [4.78, 5) is 0.229. The Kier molecular flexibility index (Phi) is 4.10. The Bertz CT molecular complexity index is 447. The van der Waals surface area contributed by atoms with Crippen molar-refractivity contribution in [3.8, 4) is 0 Å². The average molecular weight is 242 g/mol. The van der Waals surface area contributed by atoms with E-state index in [0.29, 0.717) is 5.92 Å². The lowest BCUT2D eigenvalue weighted by atomic mass is 10.0. The van der Waals surface area contributed by atoms with Crippen LogP contribution in [0.15, 0.2) is 29.2 Å². The summed E-state index contributed by atoms with van der Waals surface area (Å²) in [5.41, 5.74) is 0.994. The van der Waals surface area contributed by atoms with E-state index in [1.807, 2.05) is 19.9 Å². The van der Waals surface area contributed by atoms with Crippen LogP contribution in [0, 0.1) is 0 Å². The zero-order chi connectivity index (χ0) is 12.3. The van der Waals surface area contributed by atoms with Gasteiger partial charge in [-0.05, 0) is 37.5 Å². The van der Waals surface area contributed by atoms with Gasteiger partial charge in [0.2, 0.25) is 0 Å². The molecule has 0 amide bonds. The molecule has 1 rings (SSSR count). The number of hydrogen-bond donors (Lipinski definition) is 0. The molecule has 0 bridgehead atoms. The maximum absolute atomic E-state index is 11.8. The van der Waals surface area contributed by atoms with Gasteiger partial charge in [-0.15, -0.1) is 0 Å². The van der Waals surface area contributed by atoms with Gasteiger partial charge in [0, 0.05) is 0 Å². The highest BCUT2D eigenvalue weighted by atomic mass is 32.2. The molecular formula is C12H18O3S. The molecule has 1 aromatic rings. The first kappa shape index (κ1) is 13.2. The van der Waals surface area contributed by atoms with E-state index < -0.39 is 10.1 Å². The van der Waals surface area contributed by atoms with Gasteiger partial charge >= 0.3 is 0 Å². The van der Waals surface area contributed by atoms with Gasteiger partial charge in [-0.3, -0.25) is 4.18 Å². The lowest BCUT2D eigenvalue weighted by molar-refractivity contribution is 0.249. The van der Waals surface area contributed by atoms with Crippen molar-refractivity contribution in [2.45, 2.75) is 44.6 Å². The maximum Gasteiger partial charge on any atom is 0.297 e. The van der Waals surface area contributed by atoms with Gasteiger partial charge in [0.15, 0.2) is 0 Å². The van der Waals surface area contributed by atoms with Crippen LogP contribution in [0.3, 0.4) is 0 Å². The zero-order valence-corrected chi connectivity index (χ0v) is 10.9. The Morgan fingerprint density at radius 3 is 2.25 bits per heavy atom. The lowest BCUT2D eigenvalue weighted by Crippen LogP contribution is -2.12. The number of rotatable bonds is 4. The quantitative estimate of drug-likeness (QED) is 0.762. The number of hydrogen-bond acceptors (Lipinski definition) is 3. The fraction of sp³-hybridized carbons (Fsp3) is 0.500. The molecule has 0 fully saturated rings. The Balaban J connectivity index is 3.09. The second kappa shape index (κ2) is 4.97. The predicted octanol–water partition coefficient (Wildman–Crippen LogP) is 2.92. The molecule has 90 valence electrons. The van der Waals surface area contributed by atoms with Gasteiger partial charge in [-0.1, -0.05) is 26.0 Å². The lowest BCUT2D eigenvalue weighted by Gasteiger charge is -2.10. The summed E-state index contributed by atoms with van der Waals surface area (Å²) in [6.07, 6.45) is -0.340. The summed E-state index contributed by atoms with van der Waals surface area (Å²) in [6.45, 7) is 7.44. The summed E-state index contributed by atoms with van der Waals surface area (Å²) in [5, 5.41) is 0. The molecular weight excluding hydrogens is 224 g/mol. The van der Waals surface area contributed by atoms with Crippen LogP contribution in [0.2, 0.25) is 0 Å². The van der Waals surface area contributed by atoms with Gasteiger partial charge in [0.1, 0.15) is 0 Å². The normalized spacial score (nSPS) is 12.4. The van der Waals surface area contributed by atoms with Crippen LogP contribution in [0.5, 0.6) is 0 Å². The molecule has 0 aliphatic heterocycles. The van der Waals surface area contributed by atoms with Crippen LogP contribution in [-0.2, 0) is 14.3 Å². The molecule has 1 aromatic carbocycles.